The van der Waals surface area contributed by atoms with E-state index in [4.69, 9.17) is 4.74 Å². The lowest BCUT2D eigenvalue weighted by atomic mass is 9.83. The van der Waals surface area contributed by atoms with Gasteiger partial charge in [-0.25, -0.2) is 4.79 Å². The van der Waals surface area contributed by atoms with Gasteiger partial charge in [-0.15, -0.1) is 0 Å². The molecule has 7 heteroatoms. The predicted octanol–water partition coefficient (Wildman–Crippen LogP) is 3.28. The van der Waals surface area contributed by atoms with Crippen molar-refractivity contribution in [2.45, 2.75) is 32.2 Å². The van der Waals surface area contributed by atoms with E-state index in [9.17, 15) is 19.2 Å². The standard InChI is InChI=1S/C23H24N2O5/c1-13(2)15-10-11-18(19(12-15)30-22(29)25(4)5)23(24-14(3)26)20(27)16-8-6-7-9-17(16)21(23)28/h6-13H,1-5H3,(H,24,26). The van der Waals surface area contributed by atoms with Gasteiger partial charge < -0.3 is 15.0 Å². The molecule has 0 aromatic heterocycles. The Labute approximate surface area is 175 Å². The van der Waals surface area contributed by atoms with Gasteiger partial charge in [-0.3, -0.25) is 14.4 Å². The maximum Gasteiger partial charge on any atom is 0.414 e. The molecule has 0 fully saturated rings. The van der Waals surface area contributed by atoms with Crippen LogP contribution in [0.3, 0.4) is 0 Å². The van der Waals surface area contributed by atoms with Gasteiger partial charge in [0.25, 0.3) is 0 Å². The van der Waals surface area contributed by atoms with Crippen molar-refractivity contribution in [2.75, 3.05) is 14.1 Å². The van der Waals surface area contributed by atoms with Gasteiger partial charge >= 0.3 is 6.09 Å². The Bertz CT molecular complexity index is 1020. The lowest BCUT2D eigenvalue weighted by molar-refractivity contribution is -0.120. The van der Waals surface area contributed by atoms with Crippen LogP contribution >= 0.6 is 0 Å². The zero-order valence-electron chi connectivity index (χ0n) is 17.6. The van der Waals surface area contributed by atoms with E-state index in [2.05, 4.69) is 5.32 Å². The molecule has 156 valence electrons. The van der Waals surface area contributed by atoms with Gasteiger partial charge in [0.05, 0.1) is 0 Å². The van der Waals surface area contributed by atoms with Crippen LogP contribution in [0.2, 0.25) is 0 Å². The summed E-state index contributed by atoms with van der Waals surface area (Å²) in [4.78, 5) is 52.6. The van der Waals surface area contributed by atoms with Crippen molar-refractivity contribution in [1.29, 1.82) is 0 Å². The Morgan fingerprint density at radius 1 is 1.00 bits per heavy atom. The van der Waals surface area contributed by atoms with Crippen molar-refractivity contribution in [2.24, 2.45) is 0 Å². The number of carbonyl (C=O) groups is 4. The number of carbonyl (C=O) groups excluding carboxylic acids is 4. The largest absolute Gasteiger partial charge is 0.414 e. The first-order valence-corrected chi connectivity index (χ1v) is 9.60. The normalized spacial score (nSPS) is 14.5. The summed E-state index contributed by atoms with van der Waals surface area (Å²) in [7, 11) is 3.05. The molecule has 1 N–H and O–H groups in total. The highest BCUT2D eigenvalue weighted by atomic mass is 16.6. The fourth-order valence-electron chi connectivity index (χ4n) is 3.55. The second-order valence-corrected chi connectivity index (χ2v) is 7.81. The lowest BCUT2D eigenvalue weighted by Gasteiger charge is -2.29. The number of ether oxygens (including phenoxy) is 1. The van der Waals surface area contributed by atoms with Crippen LogP contribution in [0.25, 0.3) is 0 Å². The van der Waals surface area contributed by atoms with Crippen molar-refractivity contribution in [3.05, 3.63) is 64.7 Å². The zero-order valence-corrected chi connectivity index (χ0v) is 17.6. The molecule has 0 radical (unpaired) electrons. The van der Waals surface area contributed by atoms with Crippen LogP contribution in [0.15, 0.2) is 42.5 Å². The number of hydrogen-bond donors (Lipinski definition) is 1. The summed E-state index contributed by atoms with van der Waals surface area (Å²) in [6.45, 7) is 5.18. The summed E-state index contributed by atoms with van der Waals surface area (Å²) >= 11 is 0. The molecule has 0 unspecified atom stereocenters. The average molecular weight is 408 g/mol. The van der Waals surface area contributed by atoms with E-state index in [1.807, 2.05) is 13.8 Å². The predicted molar refractivity (Wildman–Crippen MR) is 111 cm³/mol. The second kappa shape index (κ2) is 7.74. The maximum absolute atomic E-state index is 13.5. The van der Waals surface area contributed by atoms with Crippen LogP contribution in [0.5, 0.6) is 5.75 Å². The molecule has 0 heterocycles. The fraction of sp³-hybridized carbons (Fsp3) is 0.304. The van der Waals surface area contributed by atoms with Crippen molar-refractivity contribution in [1.82, 2.24) is 10.2 Å². The Balaban J connectivity index is 2.28. The number of benzene rings is 2. The third kappa shape index (κ3) is 3.36. The van der Waals surface area contributed by atoms with Crippen LogP contribution in [0.4, 0.5) is 4.79 Å². The molecule has 0 spiro atoms. The van der Waals surface area contributed by atoms with Crippen molar-refractivity contribution in [3.63, 3.8) is 0 Å². The van der Waals surface area contributed by atoms with Crippen LogP contribution in [0.1, 0.15) is 58.5 Å². The van der Waals surface area contributed by atoms with E-state index in [1.165, 1.54) is 25.9 Å². The van der Waals surface area contributed by atoms with Crippen molar-refractivity contribution in [3.8, 4) is 5.75 Å². The van der Waals surface area contributed by atoms with E-state index >= 15 is 0 Å². The smallest absolute Gasteiger partial charge is 0.410 e. The third-order valence-corrected chi connectivity index (χ3v) is 5.10. The number of ketones is 2. The molecule has 0 atom stereocenters. The lowest BCUT2D eigenvalue weighted by Crippen LogP contribution is -2.53. The van der Waals surface area contributed by atoms with E-state index in [0.29, 0.717) is 0 Å². The number of fused-ring (bicyclic) bond motifs is 1. The third-order valence-electron chi connectivity index (χ3n) is 5.10. The number of amides is 2. The number of nitrogens with zero attached hydrogens (tertiary/aromatic N) is 1. The molecule has 0 saturated heterocycles. The highest BCUT2D eigenvalue weighted by molar-refractivity contribution is 6.34. The molecule has 1 aliphatic rings. The SMILES string of the molecule is CC(=O)NC1(c2ccc(C(C)C)cc2OC(=O)N(C)C)C(=O)c2ccccc2C1=O. The summed E-state index contributed by atoms with van der Waals surface area (Å²) in [6.07, 6.45) is -0.662. The summed E-state index contributed by atoms with van der Waals surface area (Å²) < 4.78 is 5.54. The molecule has 0 saturated carbocycles. The minimum atomic E-state index is -1.99. The minimum absolute atomic E-state index is 0.0585. The quantitative estimate of drug-likeness (QED) is 0.784. The molecule has 30 heavy (non-hydrogen) atoms. The number of hydrogen-bond acceptors (Lipinski definition) is 5. The summed E-state index contributed by atoms with van der Waals surface area (Å²) in [5.74, 6) is -1.50. The molecule has 2 amide bonds. The Hall–Kier alpha value is -3.48. The molecule has 2 aromatic carbocycles. The van der Waals surface area contributed by atoms with E-state index < -0.39 is 29.1 Å². The van der Waals surface area contributed by atoms with Gasteiger partial charge in [-0.1, -0.05) is 50.2 Å². The maximum atomic E-state index is 13.5. The first kappa shape index (κ1) is 21.2. The van der Waals surface area contributed by atoms with Gasteiger partial charge in [0, 0.05) is 37.7 Å². The van der Waals surface area contributed by atoms with Gasteiger partial charge in [0.15, 0.2) is 5.54 Å². The first-order valence-electron chi connectivity index (χ1n) is 9.60. The molecule has 0 aliphatic heterocycles. The van der Waals surface area contributed by atoms with Crippen molar-refractivity contribution < 1.29 is 23.9 Å². The van der Waals surface area contributed by atoms with Crippen LogP contribution in [-0.4, -0.2) is 42.6 Å². The van der Waals surface area contributed by atoms with Crippen molar-refractivity contribution >= 4 is 23.6 Å². The van der Waals surface area contributed by atoms with Gasteiger partial charge in [0.2, 0.25) is 17.5 Å². The molecular formula is C23H24N2O5. The molecule has 1 aliphatic carbocycles. The van der Waals surface area contributed by atoms with Gasteiger partial charge in [-0.05, 0) is 17.5 Å². The molecular weight excluding hydrogens is 384 g/mol. The van der Waals surface area contributed by atoms with E-state index in [0.717, 1.165) is 5.56 Å². The zero-order chi connectivity index (χ0) is 22.2. The highest BCUT2D eigenvalue weighted by Gasteiger charge is 2.56. The molecule has 7 nitrogen and oxygen atoms in total. The summed E-state index contributed by atoms with van der Waals surface area (Å²) in [6, 6.07) is 11.4. The monoisotopic (exact) mass is 408 g/mol. The summed E-state index contributed by atoms with van der Waals surface area (Å²) in [5, 5.41) is 2.57. The number of Topliss-reactive ketones (excluding diaryl/α,β-unsaturated/α-hetero) is 2. The van der Waals surface area contributed by atoms with Crippen LogP contribution < -0.4 is 10.1 Å². The van der Waals surface area contributed by atoms with E-state index in [1.54, 1.807) is 42.5 Å². The van der Waals surface area contributed by atoms with Crippen LogP contribution in [-0.2, 0) is 10.3 Å². The summed E-state index contributed by atoms with van der Waals surface area (Å²) in [5.41, 5.74) is -0.576. The Kier molecular flexibility index (Phi) is 5.48. The topological polar surface area (TPSA) is 92.8 Å². The van der Waals surface area contributed by atoms with Gasteiger partial charge in [-0.2, -0.15) is 0 Å². The first-order chi connectivity index (χ1) is 14.1. The average Bonchev–Trinajstić information content (AvgIpc) is 2.90. The Morgan fingerprint density at radius 2 is 1.57 bits per heavy atom. The van der Waals surface area contributed by atoms with Gasteiger partial charge in [0.1, 0.15) is 5.75 Å². The number of nitrogens with one attached hydrogen (secondary N) is 1. The second-order valence-electron chi connectivity index (χ2n) is 7.81. The van der Waals surface area contributed by atoms with Crippen LogP contribution in [0, 0.1) is 0 Å². The molecule has 3 rings (SSSR count). The molecule has 2 aromatic rings. The van der Waals surface area contributed by atoms with E-state index in [-0.39, 0.29) is 28.4 Å². The minimum Gasteiger partial charge on any atom is -0.410 e. The molecule has 0 bridgehead atoms. The fourth-order valence-corrected chi connectivity index (χ4v) is 3.55. The highest BCUT2D eigenvalue weighted by Crippen LogP contribution is 2.42. The Morgan fingerprint density at radius 3 is 2.03 bits per heavy atom. The number of rotatable bonds is 4.